The molecule has 2 amide bonds. The molecule has 2 aromatic rings. The fourth-order valence-corrected chi connectivity index (χ4v) is 3.42. The molecule has 0 aliphatic carbocycles. The lowest BCUT2D eigenvalue weighted by Crippen LogP contribution is -2.33. The van der Waals surface area contributed by atoms with Crippen molar-refractivity contribution in [3.63, 3.8) is 0 Å². The number of carbonyl (C=O) groups is 2. The number of hydrogen-bond donors (Lipinski definition) is 2. The monoisotopic (exact) mass is 507 g/mol. The number of carbonyl (C=O) groups excluding carboxylic acids is 2. The largest absolute Gasteiger partial charge is 0.405 e. The molecule has 0 saturated carbocycles. The zero-order valence-electron chi connectivity index (χ0n) is 18.4. The summed E-state index contributed by atoms with van der Waals surface area (Å²) in [7, 11) is -3.28. The Morgan fingerprint density at radius 2 is 1.71 bits per heavy atom. The summed E-state index contributed by atoms with van der Waals surface area (Å²) in [6.45, 7) is -2.06. The first kappa shape index (κ1) is 27.2. The second-order valence-corrected chi connectivity index (χ2v) is 9.79. The molecule has 0 aliphatic heterocycles. The van der Waals surface area contributed by atoms with E-state index in [1.54, 1.807) is 5.32 Å². The summed E-state index contributed by atoms with van der Waals surface area (Å²) in [6, 6.07) is 5.49. The molecule has 0 atom stereocenters. The van der Waals surface area contributed by atoms with Crippen molar-refractivity contribution in [3.8, 4) is 5.69 Å². The normalized spacial score (nSPS) is 11.9. The number of amides is 2. The summed E-state index contributed by atoms with van der Waals surface area (Å²) >= 11 is 0. The van der Waals surface area contributed by atoms with Crippen LogP contribution in [0.5, 0.6) is 0 Å². The fourth-order valence-electron chi connectivity index (χ4n) is 2.94. The highest BCUT2D eigenvalue weighted by atomic mass is 32.2. The highest BCUT2D eigenvalue weighted by Crippen LogP contribution is 2.18. The Hall–Kier alpha value is -3.03. The number of halogens is 4. The molecule has 1 aromatic carbocycles. The van der Waals surface area contributed by atoms with E-state index >= 15 is 0 Å². The van der Waals surface area contributed by atoms with Crippen LogP contribution in [0.2, 0.25) is 0 Å². The van der Waals surface area contributed by atoms with Crippen LogP contribution in [-0.2, 0) is 16.3 Å². The van der Waals surface area contributed by atoms with Crippen molar-refractivity contribution in [2.45, 2.75) is 31.9 Å². The lowest BCUT2D eigenvalue weighted by Gasteiger charge is -2.10. The first-order chi connectivity index (χ1) is 15.9. The molecule has 0 fully saturated rings. The standard InChI is InChI=1S/C20H25F4N5O4S/c1-34(32,33)12-11-25-19(31)17-16(5-3-2-4-10-21)29(28-27-17)15-8-6-14(7-9-15)18(30)26-13-20(22,23)24/h6-9H,2-5,10-13H2,1H3,(H,25,31)(H,26,30). The van der Waals surface area contributed by atoms with Crippen LogP contribution in [0.4, 0.5) is 17.6 Å². The quantitative estimate of drug-likeness (QED) is 0.335. The van der Waals surface area contributed by atoms with E-state index in [2.05, 4.69) is 15.6 Å². The van der Waals surface area contributed by atoms with Gasteiger partial charge in [0.05, 0.1) is 23.8 Å². The third kappa shape index (κ3) is 8.72. The minimum Gasteiger partial charge on any atom is -0.350 e. The molecule has 0 aliphatic rings. The van der Waals surface area contributed by atoms with Gasteiger partial charge in [-0.25, -0.2) is 13.1 Å². The van der Waals surface area contributed by atoms with Gasteiger partial charge < -0.3 is 10.6 Å². The van der Waals surface area contributed by atoms with Gasteiger partial charge in [0.1, 0.15) is 16.4 Å². The topological polar surface area (TPSA) is 123 Å². The van der Waals surface area contributed by atoms with Crippen LogP contribution in [0.25, 0.3) is 5.69 Å². The predicted octanol–water partition coefficient (Wildman–Crippen LogP) is 2.02. The van der Waals surface area contributed by atoms with Crippen molar-refractivity contribution in [1.29, 1.82) is 0 Å². The van der Waals surface area contributed by atoms with E-state index < -0.39 is 41.0 Å². The third-order valence-corrected chi connectivity index (χ3v) is 5.55. The average molecular weight is 508 g/mol. The lowest BCUT2D eigenvalue weighted by atomic mass is 10.1. The zero-order chi connectivity index (χ0) is 25.4. The average Bonchev–Trinajstić information content (AvgIpc) is 3.17. The molecule has 0 spiro atoms. The SMILES string of the molecule is CS(=O)(=O)CCNC(=O)c1nnn(-c2ccc(C(=O)NCC(F)(F)F)cc2)c1CCCCCF. The summed E-state index contributed by atoms with van der Waals surface area (Å²) in [4.78, 5) is 24.5. The first-order valence-electron chi connectivity index (χ1n) is 10.3. The fraction of sp³-hybridized carbons (Fsp3) is 0.500. The van der Waals surface area contributed by atoms with E-state index in [0.717, 1.165) is 6.26 Å². The number of alkyl halides is 4. The predicted molar refractivity (Wildman–Crippen MR) is 115 cm³/mol. The van der Waals surface area contributed by atoms with Gasteiger partial charge in [-0.05, 0) is 43.5 Å². The van der Waals surface area contributed by atoms with Gasteiger partial charge in [-0.3, -0.25) is 14.0 Å². The molecule has 2 N–H and O–H groups in total. The van der Waals surface area contributed by atoms with Gasteiger partial charge in [-0.2, -0.15) is 13.2 Å². The van der Waals surface area contributed by atoms with E-state index in [9.17, 15) is 35.6 Å². The smallest absolute Gasteiger partial charge is 0.350 e. The Labute approximate surface area is 193 Å². The summed E-state index contributed by atoms with van der Waals surface area (Å²) in [5.74, 6) is -1.78. The van der Waals surface area contributed by atoms with Crippen molar-refractivity contribution >= 4 is 21.7 Å². The third-order valence-electron chi connectivity index (χ3n) is 4.61. The molecule has 188 valence electrons. The van der Waals surface area contributed by atoms with E-state index in [1.807, 2.05) is 0 Å². The minimum atomic E-state index is -4.54. The Morgan fingerprint density at radius 3 is 2.29 bits per heavy atom. The van der Waals surface area contributed by atoms with Crippen LogP contribution < -0.4 is 10.6 Å². The van der Waals surface area contributed by atoms with Crippen LogP contribution >= 0.6 is 0 Å². The minimum absolute atomic E-state index is 0.00338. The molecule has 0 bridgehead atoms. The Balaban J connectivity index is 2.22. The van der Waals surface area contributed by atoms with E-state index in [1.165, 1.54) is 28.9 Å². The number of nitrogens with zero attached hydrogens (tertiary/aromatic N) is 3. The molecule has 0 unspecified atom stereocenters. The summed E-state index contributed by atoms with van der Waals surface area (Å²) in [5.41, 5.74) is 0.762. The highest BCUT2D eigenvalue weighted by molar-refractivity contribution is 7.90. The van der Waals surface area contributed by atoms with Gasteiger partial charge in [0.25, 0.3) is 11.8 Å². The van der Waals surface area contributed by atoms with Crippen LogP contribution in [-0.4, -0.2) is 73.2 Å². The Morgan fingerprint density at radius 1 is 1.03 bits per heavy atom. The van der Waals surface area contributed by atoms with E-state index in [0.29, 0.717) is 37.1 Å². The molecule has 2 rings (SSSR count). The number of unbranched alkanes of at least 4 members (excludes halogenated alkanes) is 2. The molecule has 1 heterocycles. The van der Waals surface area contributed by atoms with Crippen LogP contribution in [0.15, 0.2) is 24.3 Å². The molecule has 34 heavy (non-hydrogen) atoms. The van der Waals surface area contributed by atoms with Gasteiger partial charge in [-0.15, -0.1) is 5.10 Å². The molecule has 9 nitrogen and oxygen atoms in total. The summed E-state index contributed by atoms with van der Waals surface area (Å²) < 4.78 is 73.2. The van der Waals surface area contributed by atoms with Crippen LogP contribution in [0, 0.1) is 0 Å². The Kier molecular flexibility index (Phi) is 9.53. The molecule has 0 saturated heterocycles. The number of rotatable bonds is 12. The highest BCUT2D eigenvalue weighted by Gasteiger charge is 2.28. The molecular weight excluding hydrogens is 482 g/mol. The molecule has 1 aromatic heterocycles. The number of aromatic nitrogens is 3. The molecule has 14 heteroatoms. The van der Waals surface area contributed by atoms with Crippen molar-refractivity contribution in [3.05, 3.63) is 41.2 Å². The van der Waals surface area contributed by atoms with Crippen LogP contribution in [0.3, 0.4) is 0 Å². The summed E-state index contributed by atoms with van der Waals surface area (Å²) in [6.07, 6.45) is -1.76. The van der Waals surface area contributed by atoms with Gasteiger partial charge in [0, 0.05) is 18.4 Å². The van der Waals surface area contributed by atoms with Gasteiger partial charge >= 0.3 is 6.18 Å². The summed E-state index contributed by atoms with van der Waals surface area (Å²) in [5, 5.41) is 12.1. The Bertz CT molecular complexity index is 1090. The van der Waals surface area contributed by atoms with Gasteiger partial charge in [0.2, 0.25) is 0 Å². The number of benzene rings is 1. The maximum atomic E-state index is 12.6. The van der Waals surface area contributed by atoms with E-state index in [4.69, 9.17) is 0 Å². The van der Waals surface area contributed by atoms with E-state index in [-0.39, 0.29) is 23.6 Å². The number of nitrogens with one attached hydrogen (secondary N) is 2. The van der Waals surface area contributed by atoms with Crippen molar-refractivity contribution in [2.75, 3.05) is 31.8 Å². The lowest BCUT2D eigenvalue weighted by molar-refractivity contribution is -0.123. The molecular formula is C20H25F4N5O4S. The molecule has 0 radical (unpaired) electrons. The second-order valence-electron chi connectivity index (χ2n) is 7.53. The zero-order valence-corrected chi connectivity index (χ0v) is 19.2. The maximum Gasteiger partial charge on any atom is 0.405 e. The first-order valence-corrected chi connectivity index (χ1v) is 12.4. The van der Waals surface area contributed by atoms with Crippen molar-refractivity contribution in [1.82, 2.24) is 25.6 Å². The number of hydrogen-bond acceptors (Lipinski definition) is 6. The number of sulfone groups is 1. The van der Waals surface area contributed by atoms with Crippen molar-refractivity contribution in [2.24, 2.45) is 0 Å². The van der Waals surface area contributed by atoms with Gasteiger partial charge in [-0.1, -0.05) is 11.6 Å². The second kappa shape index (κ2) is 11.9. The van der Waals surface area contributed by atoms with Gasteiger partial charge in [0.15, 0.2) is 5.69 Å². The van der Waals surface area contributed by atoms with Crippen LogP contribution in [0.1, 0.15) is 45.8 Å². The van der Waals surface area contributed by atoms with Crippen molar-refractivity contribution < 1.29 is 35.6 Å². The maximum absolute atomic E-state index is 12.6.